The van der Waals surface area contributed by atoms with Crippen molar-refractivity contribution in [2.75, 3.05) is 0 Å². The number of fused-ring (bicyclic) bond motifs is 1. The van der Waals surface area contributed by atoms with Gasteiger partial charge in [-0.3, -0.25) is 0 Å². The van der Waals surface area contributed by atoms with E-state index in [1.807, 2.05) is 6.92 Å². The molecule has 0 spiro atoms. The summed E-state index contributed by atoms with van der Waals surface area (Å²) in [4.78, 5) is 0. The fourth-order valence-corrected chi connectivity index (χ4v) is 6.02. The van der Waals surface area contributed by atoms with Gasteiger partial charge in [-0.1, -0.05) is 32.5 Å². The number of halogens is 3. The molecule has 0 radical (unpaired) electrons. The van der Waals surface area contributed by atoms with Crippen molar-refractivity contribution in [1.29, 1.82) is 0 Å². The summed E-state index contributed by atoms with van der Waals surface area (Å²) in [5.41, 5.74) is 0.553. The smallest absolute Gasteiger partial charge is 0.194 e. The van der Waals surface area contributed by atoms with Crippen LogP contribution in [-0.4, -0.2) is 0 Å². The lowest BCUT2D eigenvalue weighted by Gasteiger charge is -2.45. The molecule has 1 aromatic rings. The highest BCUT2D eigenvalue weighted by Gasteiger charge is 2.39. The van der Waals surface area contributed by atoms with E-state index in [-0.39, 0.29) is 11.8 Å². The topological polar surface area (TPSA) is 0 Å². The van der Waals surface area contributed by atoms with E-state index in [2.05, 4.69) is 0 Å². The lowest BCUT2D eigenvalue weighted by atomic mass is 9.60. The lowest BCUT2D eigenvalue weighted by molar-refractivity contribution is 0.0711. The second kappa shape index (κ2) is 8.79. The van der Waals surface area contributed by atoms with Crippen LogP contribution in [0.1, 0.15) is 101 Å². The van der Waals surface area contributed by atoms with Gasteiger partial charge in [-0.2, -0.15) is 0 Å². The SMILES string of the molecule is [2H]C1([2H])CC(C2CCC3CC(c4cc(F)c(F)c(F)c4)CCC3C2)CC([2H])([2H])C1CCC. The summed E-state index contributed by atoms with van der Waals surface area (Å²) >= 11 is 0. The van der Waals surface area contributed by atoms with Crippen LogP contribution in [0.15, 0.2) is 12.1 Å². The molecule has 0 aliphatic heterocycles. The highest BCUT2D eigenvalue weighted by atomic mass is 19.2. The second-order valence-corrected chi connectivity index (χ2v) is 9.32. The molecule has 0 heterocycles. The lowest BCUT2D eigenvalue weighted by Crippen LogP contribution is -2.34. The molecule has 0 aromatic heterocycles. The molecule has 3 aliphatic carbocycles. The third-order valence-electron chi connectivity index (χ3n) is 7.63. The molecule has 0 bridgehead atoms. The number of hydrogen-bond donors (Lipinski definition) is 0. The third-order valence-corrected chi connectivity index (χ3v) is 7.63. The predicted molar refractivity (Wildman–Crippen MR) is 108 cm³/mol. The fraction of sp³-hybridized carbons (Fsp3) is 0.760. The molecule has 4 atom stereocenters. The van der Waals surface area contributed by atoms with Gasteiger partial charge in [0.2, 0.25) is 0 Å². The maximum atomic E-state index is 13.7. The molecule has 0 N–H and O–H groups in total. The first-order valence-corrected chi connectivity index (χ1v) is 11.2. The number of benzene rings is 1. The van der Waals surface area contributed by atoms with E-state index in [4.69, 9.17) is 5.48 Å². The van der Waals surface area contributed by atoms with Crippen molar-refractivity contribution in [3.63, 3.8) is 0 Å². The van der Waals surface area contributed by atoms with Crippen LogP contribution in [0.25, 0.3) is 0 Å². The molecular formula is C25H35F3. The summed E-state index contributed by atoms with van der Waals surface area (Å²) < 4.78 is 75.1. The molecule has 0 amide bonds. The van der Waals surface area contributed by atoms with Crippen molar-refractivity contribution in [3.8, 4) is 0 Å². The normalized spacial score (nSPS) is 41.9. The molecule has 3 aliphatic rings. The average molecular weight is 397 g/mol. The Kier molecular flexibility index (Phi) is 4.96. The zero-order chi connectivity index (χ0) is 23.3. The van der Waals surface area contributed by atoms with Gasteiger partial charge in [-0.05, 0) is 105 Å². The van der Waals surface area contributed by atoms with Crippen molar-refractivity contribution in [3.05, 3.63) is 35.1 Å². The molecular weight excluding hydrogens is 357 g/mol. The zero-order valence-electron chi connectivity index (χ0n) is 20.8. The van der Waals surface area contributed by atoms with Crippen molar-refractivity contribution in [2.45, 2.75) is 89.8 Å². The van der Waals surface area contributed by atoms with Crippen LogP contribution < -0.4 is 0 Å². The molecule has 0 nitrogen and oxygen atoms in total. The minimum atomic E-state index is -1.46. The van der Waals surface area contributed by atoms with E-state index in [1.54, 1.807) is 0 Å². The standard InChI is InChI=1S/C25H35F3/c1-2-3-16-4-6-17(7-5-16)18-8-9-20-13-21(11-10-19(20)12-18)22-14-23(26)25(28)24(27)15-22/h14-21H,2-13H2,1H3/i4D2,5D2. The first-order valence-electron chi connectivity index (χ1n) is 13.2. The van der Waals surface area contributed by atoms with E-state index in [0.29, 0.717) is 42.6 Å². The zero-order valence-corrected chi connectivity index (χ0v) is 16.8. The van der Waals surface area contributed by atoms with Gasteiger partial charge < -0.3 is 0 Å². The Balaban J connectivity index is 1.41. The van der Waals surface area contributed by atoms with Crippen LogP contribution in [0.4, 0.5) is 13.2 Å². The summed E-state index contributed by atoms with van der Waals surface area (Å²) in [5, 5.41) is 0. The van der Waals surface area contributed by atoms with Crippen molar-refractivity contribution >= 4 is 0 Å². The van der Waals surface area contributed by atoms with Crippen molar-refractivity contribution < 1.29 is 18.7 Å². The molecule has 28 heavy (non-hydrogen) atoms. The summed E-state index contributed by atoms with van der Waals surface area (Å²) in [6.07, 6.45) is 4.96. The van der Waals surface area contributed by atoms with E-state index in [9.17, 15) is 13.2 Å². The van der Waals surface area contributed by atoms with E-state index < -0.39 is 36.1 Å². The predicted octanol–water partition coefficient (Wildman–Crippen LogP) is 8.01. The monoisotopic (exact) mass is 396 g/mol. The molecule has 1 aromatic carbocycles. The minimum Gasteiger partial charge on any atom is -0.204 e. The van der Waals surface area contributed by atoms with Crippen LogP contribution >= 0.6 is 0 Å². The molecule has 3 heteroatoms. The Bertz CT molecular complexity index is 786. The van der Waals surface area contributed by atoms with Gasteiger partial charge in [-0.15, -0.1) is 0 Å². The summed E-state index contributed by atoms with van der Waals surface area (Å²) in [5.74, 6) is -2.73. The summed E-state index contributed by atoms with van der Waals surface area (Å²) in [6.45, 7) is 1.99. The molecule has 156 valence electrons. The van der Waals surface area contributed by atoms with E-state index in [1.165, 1.54) is 0 Å². The second-order valence-electron chi connectivity index (χ2n) is 9.32. The Morgan fingerprint density at radius 3 is 2.04 bits per heavy atom. The van der Waals surface area contributed by atoms with Crippen LogP contribution in [-0.2, 0) is 0 Å². The highest BCUT2D eigenvalue weighted by molar-refractivity contribution is 5.24. The molecule has 4 rings (SSSR count). The van der Waals surface area contributed by atoms with Crippen LogP contribution in [0, 0.1) is 47.0 Å². The molecule has 3 saturated carbocycles. The van der Waals surface area contributed by atoms with E-state index in [0.717, 1.165) is 57.1 Å². The van der Waals surface area contributed by atoms with Gasteiger partial charge in [0.05, 0.1) is 0 Å². The number of hydrogen-bond acceptors (Lipinski definition) is 0. The largest absolute Gasteiger partial charge is 0.204 e. The first kappa shape index (κ1) is 15.8. The van der Waals surface area contributed by atoms with Gasteiger partial charge in [0, 0.05) is 5.48 Å². The van der Waals surface area contributed by atoms with Crippen LogP contribution in [0.2, 0.25) is 0 Å². The molecule has 4 unspecified atom stereocenters. The van der Waals surface area contributed by atoms with E-state index >= 15 is 0 Å². The number of rotatable bonds is 4. The summed E-state index contributed by atoms with van der Waals surface area (Å²) in [6, 6.07) is 2.29. The molecule has 0 saturated heterocycles. The van der Waals surface area contributed by atoms with Gasteiger partial charge in [0.25, 0.3) is 0 Å². The van der Waals surface area contributed by atoms with Gasteiger partial charge in [0.1, 0.15) is 0 Å². The Labute approximate surface area is 173 Å². The van der Waals surface area contributed by atoms with Crippen molar-refractivity contribution in [2.24, 2.45) is 29.6 Å². The van der Waals surface area contributed by atoms with Crippen LogP contribution in [0.3, 0.4) is 0 Å². The highest BCUT2D eigenvalue weighted by Crippen LogP contribution is 2.51. The Morgan fingerprint density at radius 2 is 1.39 bits per heavy atom. The third kappa shape index (κ3) is 4.28. The maximum absolute atomic E-state index is 13.7. The fourth-order valence-electron chi connectivity index (χ4n) is 6.02. The quantitative estimate of drug-likeness (QED) is 0.452. The average Bonchev–Trinajstić information content (AvgIpc) is 2.73. The van der Waals surface area contributed by atoms with Gasteiger partial charge >= 0.3 is 0 Å². The molecule has 3 fully saturated rings. The Hall–Kier alpha value is -0.990. The maximum Gasteiger partial charge on any atom is 0.194 e. The van der Waals surface area contributed by atoms with Crippen molar-refractivity contribution in [1.82, 2.24) is 0 Å². The summed E-state index contributed by atoms with van der Waals surface area (Å²) in [7, 11) is 0. The first-order chi connectivity index (χ1) is 15.0. The van der Waals surface area contributed by atoms with Gasteiger partial charge in [-0.25, -0.2) is 13.2 Å². The van der Waals surface area contributed by atoms with Gasteiger partial charge in [0.15, 0.2) is 17.5 Å². The Morgan fingerprint density at radius 1 is 0.821 bits per heavy atom. The minimum absolute atomic E-state index is 0.0464. The van der Waals surface area contributed by atoms with Crippen LogP contribution in [0.5, 0.6) is 0 Å².